The first-order valence-corrected chi connectivity index (χ1v) is 6.68. The molecule has 0 fully saturated rings. The number of rotatable bonds is 3. The summed E-state index contributed by atoms with van der Waals surface area (Å²) in [5.41, 5.74) is 3.44. The van der Waals surface area contributed by atoms with Gasteiger partial charge in [0.1, 0.15) is 0 Å². The zero-order valence-corrected chi connectivity index (χ0v) is 11.0. The summed E-state index contributed by atoms with van der Waals surface area (Å²) in [6, 6.07) is 5.27. The van der Waals surface area contributed by atoms with Gasteiger partial charge < -0.3 is 5.32 Å². The molecule has 1 unspecified atom stereocenters. The van der Waals surface area contributed by atoms with Crippen LogP contribution in [0.1, 0.15) is 38.6 Å². The Morgan fingerprint density at radius 3 is 2.79 bits per heavy atom. The summed E-state index contributed by atoms with van der Waals surface area (Å²) in [5, 5.41) is 5.57. The lowest BCUT2D eigenvalue weighted by atomic mass is 10.1. The molecule has 96 valence electrons. The number of benzene rings is 1. The minimum Gasteiger partial charge on any atom is -0.378 e. The number of amides is 2. The zero-order valence-electron chi connectivity index (χ0n) is 10.1. The summed E-state index contributed by atoms with van der Waals surface area (Å²) in [4.78, 5) is 28.2. The van der Waals surface area contributed by atoms with Gasteiger partial charge in [-0.05, 0) is 25.1 Å². The van der Waals surface area contributed by atoms with Gasteiger partial charge in [-0.15, -0.1) is 11.3 Å². The number of aromatic nitrogens is 1. The monoisotopic (exact) mass is 273 g/mol. The lowest BCUT2D eigenvalue weighted by Gasteiger charge is -2.13. The number of fused-ring (bicyclic) bond motifs is 1. The van der Waals surface area contributed by atoms with Crippen LogP contribution in [0.3, 0.4) is 0 Å². The van der Waals surface area contributed by atoms with Gasteiger partial charge in [0, 0.05) is 16.8 Å². The molecule has 2 heterocycles. The molecule has 0 radical (unpaired) electrons. The fourth-order valence-corrected chi connectivity index (χ4v) is 2.65. The maximum Gasteiger partial charge on any atom is 0.259 e. The van der Waals surface area contributed by atoms with E-state index in [0.29, 0.717) is 11.1 Å². The Hall–Kier alpha value is -2.21. The van der Waals surface area contributed by atoms with Gasteiger partial charge in [-0.2, -0.15) is 0 Å². The van der Waals surface area contributed by atoms with Crippen molar-refractivity contribution in [3.8, 4) is 0 Å². The van der Waals surface area contributed by atoms with Gasteiger partial charge >= 0.3 is 0 Å². The first-order chi connectivity index (χ1) is 9.15. The second kappa shape index (κ2) is 4.47. The summed E-state index contributed by atoms with van der Waals surface area (Å²) >= 11 is 1.57. The number of anilines is 1. The molecule has 0 spiro atoms. The van der Waals surface area contributed by atoms with Crippen molar-refractivity contribution in [2.75, 3.05) is 5.32 Å². The van der Waals surface area contributed by atoms with Crippen LogP contribution in [-0.4, -0.2) is 16.8 Å². The number of thiazole rings is 1. The average Bonchev–Trinajstić information content (AvgIpc) is 2.99. The van der Waals surface area contributed by atoms with Crippen LogP contribution in [-0.2, 0) is 0 Å². The molecule has 5 nitrogen and oxygen atoms in total. The highest BCUT2D eigenvalue weighted by Crippen LogP contribution is 2.25. The van der Waals surface area contributed by atoms with Crippen LogP contribution in [0.15, 0.2) is 29.9 Å². The van der Waals surface area contributed by atoms with E-state index in [-0.39, 0.29) is 17.9 Å². The van der Waals surface area contributed by atoms with Gasteiger partial charge in [-0.25, -0.2) is 0 Å². The lowest BCUT2D eigenvalue weighted by Crippen LogP contribution is -2.19. The molecule has 1 aliphatic rings. The lowest BCUT2D eigenvalue weighted by molar-refractivity contribution is 0.0879. The number of nitrogens with one attached hydrogen (secondary N) is 2. The maximum absolute atomic E-state index is 11.6. The van der Waals surface area contributed by atoms with E-state index in [1.807, 2.05) is 13.1 Å². The standard InChI is InChI=1S/C13H11N3O2S/c1-7(11-5-14-6-19-11)15-8-2-3-9-10(4-8)13(18)16-12(9)17/h2-7,15H,1H3,(H,16,17,18). The summed E-state index contributed by atoms with van der Waals surface area (Å²) in [6.07, 6.45) is 1.81. The molecule has 2 aromatic rings. The van der Waals surface area contributed by atoms with Crippen LogP contribution in [0.5, 0.6) is 0 Å². The number of hydrogen-bond donors (Lipinski definition) is 2. The molecule has 0 saturated carbocycles. The van der Waals surface area contributed by atoms with E-state index in [0.717, 1.165) is 10.6 Å². The maximum atomic E-state index is 11.6. The summed E-state index contributed by atoms with van der Waals surface area (Å²) in [6.45, 7) is 2.02. The molecular weight excluding hydrogens is 262 g/mol. The SMILES string of the molecule is CC(Nc1ccc2c(c1)C(=O)NC2=O)c1cncs1. The minimum atomic E-state index is -0.339. The fourth-order valence-electron chi connectivity index (χ4n) is 2.02. The van der Waals surface area contributed by atoms with Crippen molar-refractivity contribution in [1.82, 2.24) is 10.3 Å². The van der Waals surface area contributed by atoms with Gasteiger partial charge in [-0.3, -0.25) is 19.9 Å². The third-order valence-corrected chi connectivity index (χ3v) is 3.96. The van der Waals surface area contributed by atoms with Crippen LogP contribution >= 0.6 is 11.3 Å². The van der Waals surface area contributed by atoms with Gasteiger partial charge in [0.05, 0.1) is 22.7 Å². The van der Waals surface area contributed by atoms with Crippen molar-refractivity contribution in [1.29, 1.82) is 0 Å². The molecule has 1 aliphatic heterocycles. The normalized spacial score (nSPS) is 15.0. The quantitative estimate of drug-likeness (QED) is 0.841. The molecule has 1 atom stereocenters. The first kappa shape index (κ1) is 11.9. The third kappa shape index (κ3) is 2.10. The highest BCUT2D eigenvalue weighted by Gasteiger charge is 2.26. The predicted octanol–water partition coefficient (Wildman–Crippen LogP) is 2.20. The topological polar surface area (TPSA) is 71.1 Å². The van der Waals surface area contributed by atoms with Crippen LogP contribution in [0.4, 0.5) is 5.69 Å². The predicted molar refractivity (Wildman–Crippen MR) is 72.4 cm³/mol. The Morgan fingerprint density at radius 2 is 2.05 bits per heavy atom. The van der Waals surface area contributed by atoms with Crippen molar-refractivity contribution in [3.05, 3.63) is 45.9 Å². The van der Waals surface area contributed by atoms with Crippen LogP contribution in [0.2, 0.25) is 0 Å². The molecular formula is C13H11N3O2S. The Labute approximate surface area is 113 Å². The molecule has 1 aromatic carbocycles. The van der Waals surface area contributed by atoms with Crippen molar-refractivity contribution >= 4 is 28.8 Å². The average molecular weight is 273 g/mol. The van der Waals surface area contributed by atoms with E-state index >= 15 is 0 Å². The molecule has 0 aliphatic carbocycles. The molecule has 1 aromatic heterocycles. The van der Waals surface area contributed by atoms with Crippen molar-refractivity contribution in [2.45, 2.75) is 13.0 Å². The van der Waals surface area contributed by atoms with Crippen LogP contribution in [0.25, 0.3) is 0 Å². The molecule has 0 bridgehead atoms. The van der Waals surface area contributed by atoms with Gasteiger partial charge in [0.2, 0.25) is 0 Å². The molecule has 2 amide bonds. The van der Waals surface area contributed by atoms with E-state index in [9.17, 15) is 9.59 Å². The van der Waals surface area contributed by atoms with E-state index in [4.69, 9.17) is 0 Å². The van der Waals surface area contributed by atoms with E-state index in [1.54, 1.807) is 35.0 Å². The largest absolute Gasteiger partial charge is 0.378 e. The minimum absolute atomic E-state index is 0.103. The fraction of sp³-hybridized carbons (Fsp3) is 0.154. The Morgan fingerprint density at radius 1 is 1.26 bits per heavy atom. The Bertz CT molecular complexity index is 652. The van der Waals surface area contributed by atoms with E-state index < -0.39 is 0 Å². The molecule has 0 saturated heterocycles. The van der Waals surface area contributed by atoms with Crippen molar-refractivity contribution in [3.63, 3.8) is 0 Å². The first-order valence-electron chi connectivity index (χ1n) is 5.80. The smallest absolute Gasteiger partial charge is 0.259 e. The summed E-state index contributed by atoms with van der Waals surface area (Å²) in [5.74, 6) is -0.670. The molecule has 3 rings (SSSR count). The van der Waals surface area contributed by atoms with E-state index in [1.165, 1.54) is 0 Å². The van der Waals surface area contributed by atoms with Crippen LogP contribution in [0, 0.1) is 0 Å². The Kier molecular flexibility index (Phi) is 2.79. The second-order valence-electron chi connectivity index (χ2n) is 4.31. The highest BCUT2D eigenvalue weighted by molar-refractivity contribution is 7.09. The van der Waals surface area contributed by atoms with Crippen molar-refractivity contribution < 1.29 is 9.59 Å². The summed E-state index contributed by atoms with van der Waals surface area (Å²) in [7, 11) is 0. The number of carbonyl (C=O) groups excluding carboxylic acids is 2. The Balaban J connectivity index is 1.86. The zero-order chi connectivity index (χ0) is 13.4. The number of hydrogen-bond acceptors (Lipinski definition) is 5. The van der Waals surface area contributed by atoms with Gasteiger partial charge in [-0.1, -0.05) is 0 Å². The van der Waals surface area contributed by atoms with E-state index in [2.05, 4.69) is 15.6 Å². The molecule has 6 heteroatoms. The number of carbonyl (C=O) groups is 2. The van der Waals surface area contributed by atoms with Gasteiger partial charge in [0.15, 0.2) is 0 Å². The highest BCUT2D eigenvalue weighted by atomic mass is 32.1. The molecule has 19 heavy (non-hydrogen) atoms. The molecule has 2 N–H and O–H groups in total. The third-order valence-electron chi connectivity index (χ3n) is 3.00. The van der Waals surface area contributed by atoms with Gasteiger partial charge in [0.25, 0.3) is 11.8 Å². The summed E-state index contributed by atoms with van der Waals surface area (Å²) < 4.78 is 0. The van der Waals surface area contributed by atoms with Crippen molar-refractivity contribution in [2.24, 2.45) is 0 Å². The second-order valence-corrected chi connectivity index (χ2v) is 5.23. The van der Waals surface area contributed by atoms with Crippen LogP contribution < -0.4 is 10.6 Å². The number of imide groups is 1. The number of nitrogens with zero attached hydrogens (tertiary/aromatic N) is 1.